The van der Waals surface area contributed by atoms with Crippen molar-refractivity contribution in [3.8, 4) is 5.75 Å². The van der Waals surface area contributed by atoms with Gasteiger partial charge >= 0.3 is 5.69 Å². The number of halogens is 1. The number of carbonyl (C=O) groups excluding carboxylic acids is 1. The van der Waals surface area contributed by atoms with Crippen LogP contribution in [0.15, 0.2) is 18.2 Å². The maximum Gasteiger partial charge on any atom is 0.310 e. The van der Waals surface area contributed by atoms with Crippen LogP contribution in [0.3, 0.4) is 0 Å². The molecule has 0 aromatic heterocycles. The largest absolute Gasteiger partial charge is 0.490 e. The van der Waals surface area contributed by atoms with Crippen LogP contribution < -0.4 is 4.74 Å². The molecule has 1 saturated heterocycles. The van der Waals surface area contributed by atoms with E-state index < -0.39 is 4.92 Å². The third kappa shape index (κ3) is 2.85. The quantitative estimate of drug-likeness (QED) is 0.486. The molecular weight excluding hydrogens is 284 g/mol. The first kappa shape index (κ1) is 14.6. The van der Waals surface area contributed by atoms with E-state index in [9.17, 15) is 14.9 Å². The minimum absolute atomic E-state index is 0.0916. The lowest BCUT2D eigenvalue weighted by Crippen LogP contribution is -2.28. The lowest BCUT2D eigenvalue weighted by molar-refractivity contribution is -0.385. The van der Waals surface area contributed by atoms with E-state index >= 15 is 0 Å². The Morgan fingerprint density at radius 1 is 1.60 bits per heavy atom. The highest BCUT2D eigenvalue weighted by Gasteiger charge is 2.27. The first-order valence-corrected chi connectivity index (χ1v) is 6.78. The van der Waals surface area contributed by atoms with Gasteiger partial charge in [0.1, 0.15) is 0 Å². The normalized spacial score (nSPS) is 18.1. The van der Waals surface area contributed by atoms with Gasteiger partial charge in [-0.2, -0.15) is 0 Å². The van der Waals surface area contributed by atoms with E-state index in [2.05, 4.69) is 0 Å². The average Bonchev–Trinajstić information content (AvgIpc) is 2.94. The van der Waals surface area contributed by atoms with Crippen molar-refractivity contribution in [2.24, 2.45) is 5.92 Å². The van der Waals surface area contributed by atoms with Crippen LogP contribution in [0.1, 0.15) is 16.8 Å². The number of ether oxygens (including phenoxy) is 1. The second kappa shape index (κ2) is 6.09. The summed E-state index contributed by atoms with van der Waals surface area (Å²) in [6.45, 7) is 1.29. The Labute approximate surface area is 121 Å². The SMILES string of the molecule is COc1cc(C(=O)N2CCC(CCl)C2)ccc1[N+](=O)[O-]. The molecule has 0 radical (unpaired) electrons. The first-order chi connectivity index (χ1) is 9.56. The van der Waals surface area contributed by atoms with Crippen molar-refractivity contribution in [3.63, 3.8) is 0 Å². The molecule has 0 bridgehead atoms. The Hall–Kier alpha value is -1.82. The van der Waals surface area contributed by atoms with Crippen LogP contribution in [-0.4, -0.2) is 41.8 Å². The predicted molar refractivity (Wildman–Crippen MR) is 74.4 cm³/mol. The minimum Gasteiger partial charge on any atom is -0.490 e. The average molecular weight is 299 g/mol. The molecular formula is C13H15ClN2O4. The van der Waals surface area contributed by atoms with Gasteiger partial charge in [-0.15, -0.1) is 11.6 Å². The maximum atomic E-state index is 12.3. The van der Waals surface area contributed by atoms with Gasteiger partial charge in [0.05, 0.1) is 12.0 Å². The van der Waals surface area contributed by atoms with Crippen molar-refractivity contribution in [2.75, 3.05) is 26.1 Å². The van der Waals surface area contributed by atoms with E-state index in [-0.39, 0.29) is 17.3 Å². The molecule has 108 valence electrons. The Balaban J connectivity index is 2.21. The number of rotatable bonds is 4. The van der Waals surface area contributed by atoms with Crippen LogP contribution >= 0.6 is 11.6 Å². The van der Waals surface area contributed by atoms with Crippen LogP contribution in [0, 0.1) is 16.0 Å². The van der Waals surface area contributed by atoms with Crippen molar-refractivity contribution < 1.29 is 14.5 Å². The van der Waals surface area contributed by atoms with E-state index in [1.54, 1.807) is 4.90 Å². The van der Waals surface area contributed by atoms with Gasteiger partial charge in [0.15, 0.2) is 5.75 Å². The molecule has 0 N–H and O–H groups in total. The number of benzene rings is 1. The molecule has 1 aromatic carbocycles. The first-order valence-electron chi connectivity index (χ1n) is 6.24. The molecule has 0 saturated carbocycles. The Morgan fingerprint density at radius 3 is 2.90 bits per heavy atom. The van der Waals surface area contributed by atoms with Crippen LogP contribution in [0.4, 0.5) is 5.69 Å². The fraction of sp³-hybridized carbons (Fsp3) is 0.462. The molecule has 1 atom stereocenters. The number of amides is 1. The molecule has 0 spiro atoms. The summed E-state index contributed by atoms with van der Waals surface area (Å²) < 4.78 is 4.97. The van der Waals surface area contributed by atoms with Gasteiger partial charge in [0, 0.05) is 36.7 Å². The van der Waals surface area contributed by atoms with Gasteiger partial charge in [-0.05, 0) is 18.4 Å². The van der Waals surface area contributed by atoms with E-state index in [0.29, 0.717) is 30.5 Å². The highest BCUT2D eigenvalue weighted by molar-refractivity contribution is 6.18. The minimum atomic E-state index is -0.535. The third-order valence-corrected chi connectivity index (χ3v) is 3.85. The molecule has 1 aliphatic heterocycles. The summed E-state index contributed by atoms with van der Waals surface area (Å²) in [5, 5.41) is 10.8. The predicted octanol–water partition coefficient (Wildman–Crippen LogP) is 2.30. The lowest BCUT2D eigenvalue weighted by atomic mass is 10.1. The van der Waals surface area contributed by atoms with Crippen molar-refractivity contribution >= 4 is 23.2 Å². The second-order valence-electron chi connectivity index (χ2n) is 4.70. The number of likely N-dealkylation sites (tertiary alicyclic amines) is 1. The van der Waals surface area contributed by atoms with E-state index in [1.807, 2.05) is 0 Å². The number of carbonyl (C=O) groups is 1. The van der Waals surface area contributed by atoms with Gasteiger partial charge in [0.25, 0.3) is 5.91 Å². The zero-order valence-corrected chi connectivity index (χ0v) is 11.8. The molecule has 1 unspecified atom stereocenters. The monoisotopic (exact) mass is 298 g/mol. The maximum absolute atomic E-state index is 12.3. The van der Waals surface area contributed by atoms with E-state index in [1.165, 1.54) is 25.3 Å². The summed E-state index contributed by atoms with van der Waals surface area (Å²) in [6.07, 6.45) is 0.888. The summed E-state index contributed by atoms with van der Waals surface area (Å²) in [5.41, 5.74) is 0.242. The van der Waals surface area contributed by atoms with Gasteiger partial charge in [-0.3, -0.25) is 14.9 Å². The highest BCUT2D eigenvalue weighted by Crippen LogP contribution is 2.29. The number of methoxy groups -OCH3 is 1. The molecule has 1 amide bonds. The molecule has 1 aliphatic rings. The molecule has 0 aliphatic carbocycles. The molecule has 1 aromatic rings. The molecule has 7 heteroatoms. The van der Waals surface area contributed by atoms with Crippen molar-refractivity contribution in [3.05, 3.63) is 33.9 Å². The van der Waals surface area contributed by atoms with Crippen molar-refractivity contribution in [2.45, 2.75) is 6.42 Å². The number of nitro benzene ring substituents is 1. The van der Waals surface area contributed by atoms with Gasteiger partial charge in [0.2, 0.25) is 0 Å². The third-order valence-electron chi connectivity index (χ3n) is 3.41. The molecule has 1 heterocycles. The van der Waals surface area contributed by atoms with Crippen LogP contribution in [0.25, 0.3) is 0 Å². The van der Waals surface area contributed by atoms with Crippen molar-refractivity contribution in [1.29, 1.82) is 0 Å². The fourth-order valence-corrected chi connectivity index (χ4v) is 2.54. The lowest BCUT2D eigenvalue weighted by Gasteiger charge is -2.16. The molecule has 1 fully saturated rings. The molecule has 20 heavy (non-hydrogen) atoms. The van der Waals surface area contributed by atoms with E-state index in [0.717, 1.165) is 6.42 Å². The number of nitrogens with zero attached hydrogens (tertiary/aromatic N) is 2. The number of hydrogen-bond acceptors (Lipinski definition) is 4. The summed E-state index contributed by atoms with van der Waals surface area (Å²) in [6, 6.07) is 4.16. The fourth-order valence-electron chi connectivity index (χ4n) is 2.29. The number of hydrogen-bond donors (Lipinski definition) is 0. The zero-order chi connectivity index (χ0) is 14.7. The summed E-state index contributed by atoms with van der Waals surface area (Å²) in [7, 11) is 1.34. The molecule has 6 nitrogen and oxygen atoms in total. The van der Waals surface area contributed by atoms with Gasteiger partial charge in [-0.1, -0.05) is 0 Å². The van der Waals surface area contributed by atoms with Crippen LogP contribution in [0.5, 0.6) is 5.75 Å². The van der Waals surface area contributed by atoms with Gasteiger partial charge in [-0.25, -0.2) is 0 Å². The number of nitro groups is 1. The van der Waals surface area contributed by atoms with Crippen molar-refractivity contribution in [1.82, 2.24) is 4.90 Å². The Kier molecular flexibility index (Phi) is 4.44. The Bertz CT molecular complexity index is 535. The number of alkyl halides is 1. The van der Waals surface area contributed by atoms with Crippen LogP contribution in [0.2, 0.25) is 0 Å². The Morgan fingerprint density at radius 2 is 2.35 bits per heavy atom. The zero-order valence-electron chi connectivity index (χ0n) is 11.0. The van der Waals surface area contributed by atoms with Crippen LogP contribution in [-0.2, 0) is 0 Å². The summed E-state index contributed by atoms with van der Waals surface area (Å²) in [4.78, 5) is 24.3. The van der Waals surface area contributed by atoms with E-state index in [4.69, 9.17) is 16.3 Å². The smallest absolute Gasteiger partial charge is 0.310 e. The summed E-state index contributed by atoms with van der Waals surface area (Å²) >= 11 is 5.79. The topological polar surface area (TPSA) is 72.7 Å². The molecule has 2 rings (SSSR count). The standard InChI is InChI=1S/C13H15ClN2O4/c1-20-12-6-10(2-3-11(12)16(18)19)13(17)15-5-4-9(7-14)8-15/h2-3,6,9H,4-5,7-8H2,1H3. The summed E-state index contributed by atoms with van der Waals surface area (Å²) in [5.74, 6) is 0.799. The highest BCUT2D eigenvalue weighted by atomic mass is 35.5. The van der Waals surface area contributed by atoms with Gasteiger partial charge < -0.3 is 9.64 Å². The second-order valence-corrected chi connectivity index (χ2v) is 5.01.